The molecule has 3 N–H and O–H groups in total. The van der Waals surface area contributed by atoms with Crippen molar-refractivity contribution in [3.63, 3.8) is 0 Å². The molecule has 1 aliphatic heterocycles. The minimum atomic E-state index is 0.220. The van der Waals surface area contributed by atoms with E-state index in [9.17, 15) is 0 Å². The van der Waals surface area contributed by atoms with Gasteiger partial charge >= 0.3 is 0 Å². The van der Waals surface area contributed by atoms with E-state index in [1.165, 1.54) is 16.5 Å². The lowest BCUT2D eigenvalue weighted by molar-refractivity contribution is -0.0284. The minimum absolute atomic E-state index is 0.220. The first kappa shape index (κ1) is 20.7. The summed E-state index contributed by atoms with van der Waals surface area (Å²) in [5, 5.41) is 8.16. The zero-order chi connectivity index (χ0) is 19.8. The molecular formula is C22H35N5O. The monoisotopic (exact) mass is 385 g/mol. The number of hydrogen-bond acceptors (Lipinski definition) is 3. The van der Waals surface area contributed by atoms with Crippen molar-refractivity contribution in [3.05, 3.63) is 36.0 Å². The first-order valence-electron chi connectivity index (χ1n) is 10.5. The maximum Gasteiger partial charge on any atom is 0.191 e. The van der Waals surface area contributed by atoms with Gasteiger partial charge in [0, 0.05) is 56.9 Å². The van der Waals surface area contributed by atoms with Crippen molar-refractivity contribution in [3.8, 4) is 0 Å². The molecule has 1 aromatic heterocycles. The average Bonchev–Trinajstić information content (AvgIpc) is 3.10. The van der Waals surface area contributed by atoms with Crippen molar-refractivity contribution in [2.45, 2.75) is 32.8 Å². The number of benzene rings is 1. The molecule has 1 atom stereocenters. The molecule has 0 spiro atoms. The van der Waals surface area contributed by atoms with Crippen molar-refractivity contribution < 1.29 is 4.74 Å². The summed E-state index contributed by atoms with van der Waals surface area (Å²) < 4.78 is 5.91. The Labute approximate surface area is 168 Å². The molecule has 154 valence electrons. The van der Waals surface area contributed by atoms with Gasteiger partial charge in [0.05, 0.1) is 12.7 Å². The molecule has 6 nitrogen and oxygen atoms in total. The van der Waals surface area contributed by atoms with Gasteiger partial charge in [-0.05, 0) is 30.4 Å². The number of nitrogens with zero attached hydrogens (tertiary/aromatic N) is 2. The van der Waals surface area contributed by atoms with E-state index < -0.39 is 0 Å². The van der Waals surface area contributed by atoms with E-state index in [2.05, 4.69) is 69.8 Å². The number of aryl methyl sites for hydroxylation is 1. The third-order valence-corrected chi connectivity index (χ3v) is 5.16. The molecule has 1 aromatic carbocycles. The quantitative estimate of drug-likeness (QED) is 0.371. The van der Waals surface area contributed by atoms with E-state index >= 15 is 0 Å². The van der Waals surface area contributed by atoms with Gasteiger partial charge in [0.1, 0.15) is 0 Å². The van der Waals surface area contributed by atoms with E-state index in [0.717, 1.165) is 58.1 Å². The third kappa shape index (κ3) is 5.97. The second kappa shape index (κ2) is 10.5. The number of morpholine rings is 1. The molecule has 0 bridgehead atoms. The summed E-state index contributed by atoms with van der Waals surface area (Å²) in [5.41, 5.74) is 2.59. The SMILES string of the molecule is CN=C(NCCCc1c[nH]c2ccccc12)NCC1CN(CC(C)C)CCO1. The van der Waals surface area contributed by atoms with Gasteiger partial charge < -0.3 is 20.4 Å². The molecule has 6 heteroatoms. The maximum absolute atomic E-state index is 5.91. The van der Waals surface area contributed by atoms with Crippen LogP contribution in [0.15, 0.2) is 35.5 Å². The number of rotatable bonds is 8. The van der Waals surface area contributed by atoms with Crippen LogP contribution in [0.25, 0.3) is 10.9 Å². The Balaban J connectivity index is 1.36. The van der Waals surface area contributed by atoms with Crippen molar-refractivity contribution in [1.82, 2.24) is 20.5 Å². The van der Waals surface area contributed by atoms with Gasteiger partial charge in [-0.25, -0.2) is 0 Å². The van der Waals surface area contributed by atoms with E-state index in [4.69, 9.17) is 4.74 Å². The van der Waals surface area contributed by atoms with Gasteiger partial charge in [0.25, 0.3) is 0 Å². The number of ether oxygens (including phenoxy) is 1. The summed E-state index contributed by atoms with van der Waals surface area (Å²) >= 11 is 0. The molecule has 28 heavy (non-hydrogen) atoms. The number of fused-ring (bicyclic) bond motifs is 1. The predicted molar refractivity (Wildman–Crippen MR) is 117 cm³/mol. The van der Waals surface area contributed by atoms with Crippen molar-refractivity contribution >= 4 is 16.9 Å². The summed E-state index contributed by atoms with van der Waals surface area (Å²) in [7, 11) is 1.82. The highest BCUT2D eigenvalue weighted by atomic mass is 16.5. The number of hydrogen-bond donors (Lipinski definition) is 3. The number of para-hydroxylation sites is 1. The molecule has 0 aliphatic carbocycles. The van der Waals surface area contributed by atoms with Crippen LogP contribution in [0.2, 0.25) is 0 Å². The highest BCUT2D eigenvalue weighted by molar-refractivity contribution is 5.83. The van der Waals surface area contributed by atoms with Crippen molar-refractivity contribution in [2.75, 3.05) is 46.4 Å². The molecule has 2 heterocycles. The Hall–Kier alpha value is -2.05. The Morgan fingerprint density at radius 3 is 3.00 bits per heavy atom. The van der Waals surface area contributed by atoms with Crippen LogP contribution in [-0.4, -0.2) is 68.3 Å². The van der Waals surface area contributed by atoms with Gasteiger partial charge in [0.15, 0.2) is 5.96 Å². The molecule has 3 rings (SSSR count). The molecule has 1 fully saturated rings. The number of H-pyrrole nitrogens is 1. The first-order chi connectivity index (χ1) is 13.7. The molecule has 2 aromatic rings. The summed E-state index contributed by atoms with van der Waals surface area (Å²) in [6, 6.07) is 8.47. The van der Waals surface area contributed by atoms with Crippen LogP contribution in [0, 0.1) is 5.92 Å². The van der Waals surface area contributed by atoms with Crippen LogP contribution in [0.4, 0.5) is 0 Å². The van der Waals surface area contributed by atoms with E-state index in [1.54, 1.807) is 0 Å². The average molecular weight is 386 g/mol. The second-order valence-corrected chi connectivity index (χ2v) is 7.99. The normalized spacial score (nSPS) is 18.7. The zero-order valence-electron chi connectivity index (χ0n) is 17.5. The fourth-order valence-corrected chi connectivity index (χ4v) is 3.84. The largest absolute Gasteiger partial charge is 0.374 e. The van der Waals surface area contributed by atoms with E-state index in [-0.39, 0.29) is 6.10 Å². The third-order valence-electron chi connectivity index (χ3n) is 5.16. The predicted octanol–water partition coefficient (Wildman–Crippen LogP) is 2.62. The highest BCUT2D eigenvalue weighted by Gasteiger charge is 2.21. The van der Waals surface area contributed by atoms with Crippen LogP contribution < -0.4 is 10.6 Å². The van der Waals surface area contributed by atoms with Gasteiger partial charge in [-0.1, -0.05) is 32.0 Å². The fraction of sp³-hybridized carbons (Fsp3) is 0.591. The lowest BCUT2D eigenvalue weighted by atomic mass is 10.1. The molecule has 1 saturated heterocycles. The van der Waals surface area contributed by atoms with Crippen LogP contribution in [0.3, 0.4) is 0 Å². The Bertz CT molecular complexity index is 754. The number of aromatic amines is 1. The number of aliphatic imine (C=N–C) groups is 1. The van der Waals surface area contributed by atoms with Crippen molar-refractivity contribution in [1.29, 1.82) is 0 Å². The summed E-state index contributed by atoms with van der Waals surface area (Å²) in [6.45, 7) is 10.2. The number of aromatic nitrogens is 1. The number of nitrogens with one attached hydrogen (secondary N) is 3. The summed E-state index contributed by atoms with van der Waals surface area (Å²) in [4.78, 5) is 10.2. The fourth-order valence-electron chi connectivity index (χ4n) is 3.84. The Morgan fingerprint density at radius 1 is 1.32 bits per heavy atom. The summed E-state index contributed by atoms with van der Waals surface area (Å²) in [6.07, 6.45) is 4.45. The van der Waals surface area contributed by atoms with Crippen LogP contribution in [-0.2, 0) is 11.2 Å². The smallest absolute Gasteiger partial charge is 0.191 e. The summed E-state index contributed by atoms with van der Waals surface area (Å²) in [5.74, 6) is 1.54. The van der Waals surface area contributed by atoms with Crippen LogP contribution in [0.1, 0.15) is 25.8 Å². The lowest BCUT2D eigenvalue weighted by Gasteiger charge is -2.34. The molecule has 1 unspecified atom stereocenters. The number of guanidine groups is 1. The van der Waals surface area contributed by atoms with E-state index in [0.29, 0.717) is 5.92 Å². The molecule has 0 amide bonds. The first-order valence-corrected chi connectivity index (χ1v) is 10.5. The Morgan fingerprint density at radius 2 is 2.18 bits per heavy atom. The van der Waals surface area contributed by atoms with Crippen molar-refractivity contribution in [2.24, 2.45) is 10.9 Å². The maximum atomic E-state index is 5.91. The molecule has 1 aliphatic rings. The lowest BCUT2D eigenvalue weighted by Crippen LogP contribution is -2.50. The van der Waals surface area contributed by atoms with Crippen LogP contribution in [0.5, 0.6) is 0 Å². The molecular weight excluding hydrogens is 350 g/mol. The standard InChI is InChI=1S/C22H35N5O/c1-17(2)15-27-11-12-28-19(16-27)14-26-22(23-3)24-10-6-7-18-13-25-21-9-5-4-8-20(18)21/h4-5,8-9,13,17,19,25H,6-7,10-12,14-16H2,1-3H3,(H2,23,24,26). The van der Waals surface area contributed by atoms with Gasteiger partial charge in [-0.15, -0.1) is 0 Å². The minimum Gasteiger partial charge on any atom is -0.374 e. The van der Waals surface area contributed by atoms with Gasteiger partial charge in [0.2, 0.25) is 0 Å². The zero-order valence-corrected chi connectivity index (χ0v) is 17.5. The molecule has 0 saturated carbocycles. The second-order valence-electron chi connectivity index (χ2n) is 7.99. The van der Waals surface area contributed by atoms with Gasteiger partial charge in [-0.3, -0.25) is 9.89 Å². The Kier molecular flexibility index (Phi) is 7.74. The van der Waals surface area contributed by atoms with Crippen LogP contribution >= 0.6 is 0 Å². The topological polar surface area (TPSA) is 64.7 Å². The molecule has 0 radical (unpaired) electrons. The van der Waals surface area contributed by atoms with Gasteiger partial charge in [-0.2, -0.15) is 0 Å². The van der Waals surface area contributed by atoms with E-state index in [1.807, 2.05) is 7.05 Å². The highest BCUT2D eigenvalue weighted by Crippen LogP contribution is 2.18.